The van der Waals surface area contributed by atoms with E-state index in [-0.39, 0.29) is 18.7 Å². The van der Waals surface area contributed by atoms with Crippen molar-refractivity contribution < 1.29 is 183 Å². The van der Waals surface area contributed by atoms with Gasteiger partial charge in [0.2, 0.25) is 23.6 Å². The molecule has 0 aromatic carbocycles. The van der Waals surface area contributed by atoms with Crippen molar-refractivity contribution in [1.29, 1.82) is 0 Å². The van der Waals surface area contributed by atoms with E-state index in [4.69, 9.17) is 47.4 Å². The highest BCUT2D eigenvalue weighted by atomic mass is 16.8. The molecule has 41 nitrogen and oxygen atoms in total. The largest absolute Gasteiger partial charge is 0.477 e. The molecule has 122 heavy (non-hydrogen) atoms. The topological polar surface area (TPSA) is 665 Å². The molecule has 5 aliphatic heterocycles. The number of carbonyl (C=O) groups excluding carboxylic acids is 4. The lowest BCUT2D eigenvalue weighted by Gasteiger charge is -2.51. The molecule has 41 heteroatoms. The van der Waals surface area contributed by atoms with Gasteiger partial charge in [-0.2, -0.15) is 0 Å². The molecule has 0 aromatic rings. The Morgan fingerprint density at radius 1 is 0.410 bits per heavy atom. The van der Waals surface area contributed by atoms with Gasteiger partial charge in [-0.05, 0) is 12.8 Å². The number of unbranched alkanes of at least 4 members (excludes halogenated alkanes) is 26. The highest BCUT2D eigenvalue weighted by molar-refractivity contribution is 5.79. The van der Waals surface area contributed by atoms with E-state index in [2.05, 4.69) is 35.1 Å². The minimum absolute atomic E-state index is 0.147. The summed E-state index contributed by atoms with van der Waals surface area (Å²) >= 11 is 0. The van der Waals surface area contributed by atoms with E-state index in [1.165, 1.54) is 103 Å². The second-order valence-electron chi connectivity index (χ2n) is 33.2. The van der Waals surface area contributed by atoms with Crippen LogP contribution in [0.3, 0.4) is 0 Å². The number of hydrogen-bond donors (Lipinski definition) is 24. The Kier molecular flexibility index (Phi) is 48.1. The second-order valence-corrected chi connectivity index (χ2v) is 33.2. The number of ether oxygens (including phenoxy) is 10. The summed E-state index contributed by atoms with van der Waals surface area (Å²) in [4.78, 5) is 92.2. The number of aliphatic carboxylic acids is 3. The molecule has 3 unspecified atom stereocenters. The molecular formula is C81H144N4O37. The Hall–Kier alpha value is -4.79. The number of hydrogen-bond acceptors (Lipinski definition) is 34. The first-order chi connectivity index (χ1) is 58.0. The van der Waals surface area contributed by atoms with Crippen LogP contribution in [0.15, 0.2) is 0 Å². The molecule has 0 aromatic heterocycles. The van der Waals surface area contributed by atoms with E-state index >= 15 is 0 Å². The lowest BCUT2D eigenvalue weighted by Crippen LogP contribution is -2.72. The number of aliphatic hydroxyl groups is 17. The van der Waals surface area contributed by atoms with Gasteiger partial charge in [-0.15, -0.1) is 0 Å². The average molecular weight is 1770 g/mol. The standard InChI is InChI=1S/C81H144N4O37/c1-6-8-10-12-14-16-18-20-21-23-25-27-29-31-33-35-58(99)85-48(49(94)34-32-30-28-26-24-22-19-17-15-13-11-9-7-2)44-113-74-67(105)66(104)69(57(43-90)115-74)116-75-68(106)73(63(101)54(40-87)114-75)122-81(78(111)112)38-52(97)61(84-47(5)93)72(121-81)65(103)56(42-89)118-80(77(109)110)37-51(96)60(83-46(4)92)71(120-80)64(102)55(41-88)117-79(76(107)108)36-50(95)59(82-45(3)91)70(119-79)62(100)53(98)39-86/h48-57,59-75,86-90,94-98,100-106H,6-44H2,1-5H3,(H,82,91)(H,83,92)(H,84,93)(H,85,99)(H,107,108)(H,109,110)(H,111,112)/t48-,49+,50-,51-,52-,53+,54+,55+,56+,57+,59+,60+,61+,62+,63-,64+,65+,66+,67+,68+,69+,70?,71?,72?,73-,74+,75-,79+,80+,81-/m0/s1. The maximum Gasteiger partial charge on any atom is 0.364 e. The monoisotopic (exact) mass is 1760 g/mol. The first kappa shape index (κ1) is 108. The van der Waals surface area contributed by atoms with Crippen LogP contribution in [0.25, 0.3) is 0 Å². The molecule has 5 saturated heterocycles. The Bertz CT molecular complexity index is 3050. The molecule has 24 N–H and O–H groups in total. The molecule has 4 amide bonds. The zero-order valence-corrected chi connectivity index (χ0v) is 71.1. The van der Waals surface area contributed by atoms with Gasteiger partial charge in [0, 0.05) is 46.5 Å². The predicted octanol–water partition coefficient (Wildman–Crippen LogP) is -2.26. The van der Waals surface area contributed by atoms with Crippen molar-refractivity contribution in [2.24, 2.45) is 0 Å². The van der Waals surface area contributed by atoms with Gasteiger partial charge in [-0.3, -0.25) is 19.2 Å². The maximum atomic E-state index is 13.8. The van der Waals surface area contributed by atoms with Crippen LogP contribution >= 0.6 is 0 Å². The third-order valence-corrected chi connectivity index (χ3v) is 23.3. The Morgan fingerprint density at radius 2 is 0.770 bits per heavy atom. The first-order valence-corrected chi connectivity index (χ1v) is 43.7. The minimum Gasteiger partial charge on any atom is -0.477 e. The van der Waals surface area contributed by atoms with Gasteiger partial charge in [0.1, 0.15) is 104 Å². The summed E-state index contributed by atoms with van der Waals surface area (Å²) in [6.45, 7) is -0.00147. The smallest absolute Gasteiger partial charge is 0.364 e. The number of carbonyl (C=O) groups is 7. The average Bonchev–Trinajstić information content (AvgIpc) is 0.750. The molecular weight excluding hydrogens is 1620 g/mol. The van der Waals surface area contributed by atoms with Crippen LogP contribution in [-0.2, 0) is 80.9 Å². The summed E-state index contributed by atoms with van der Waals surface area (Å²) in [5.74, 6) is -20.5. The molecule has 5 fully saturated rings. The third-order valence-electron chi connectivity index (χ3n) is 23.3. The van der Waals surface area contributed by atoms with E-state index in [0.29, 0.717) is 12.8 Å². The van der Waals surface area contributed by atoms with Gasteiger partial charge < -0.3 is 171 Å². The quantitative estimate of drug-likeness (QED) is 0.0286. The number of nitrogens with one attached hydrogen (secondary N) is 4. The van der Waals surface area contributed by atoms with Crippen molar-refractivity contribution in [2.75, 3.05) is 39.6 Å². The number of amides is 4. The van der Waals surface area contributed by atoms with Crippen LogP contribution in [0.2, 0.25) is 0 Å². The summed E-state index contributed by atoms with van der Waals surface area (Å²) in [5, 5.41) is 235. The number of aliphatic hydroxyl groups excluding tert-OH is 17. The molecule has 0 saturated carbocycles. The summed E-state index contributed by atoms with van der Waals surface area (Å²) < 4.78 is 58.3. The van der Waals surface area contributed by atoms with Crippen LogP contribution in [0.4, 0.5) is 0 Å². The summed E-state index contributed by atoms with van der Waals surface area (Å²) in [6, 6.07) is -6.93. The summed E-state index contributed by atoms with van der Waals surface area (Å²) in [6.07, 6.45) is -24.1. The van der Waals surface area contributed by atoms with Gasteiger partial charge >= 0.3 is 17.9 Å². The SMILES string of the molecule is CCCCCCCCCCCCCCCCCC(=O)N[C@@H](CO[C@@H]1O[C@H](CO)[C@@H](O[C@@H]2O[C@H](CO)[C@H](O)[C@H](O[C@]3(C(=O)O)C[C@H](O)[C@@H](NC(C)=O)C([C@H](O)[C@@H](CO)O[C@]4(C(=O)O)C[C@H](O)[C@@H](NC(C)=O)C([C@H](O)[C@@H](CO)O[C@]5(C(=O)O)C[C@H](O)[C@@H](NC(C)=O)C([C@H](O)[C@H](O)CO)O5)O4)O3)[C@H]2O)[C@H](O)[C@H]1O)[C@H](O)CCCCCCCCCCCCCCC. The van der Waals surface area contributed by atoms with Gasteiger partial charge in [0.05, 0.1) is 88.2 Å². The van der Waals surface area contributed by atoms with E-state index in [9.17, 15) is 136 Å². The van der Waals surface area contributed by atoms with Gasteiger partial charge in [0.25, 0.3) is 17.4 Å². The summed E-state index contributed by atoms with van der Waals surface area (Å²) in [7, 11) is 0. The molecule has 0 spiro atoms. The Labute approximate surface area is 711 Å². The van der Waals surface area contributed by atoms with Gasteiger partial charge in [-0.25, -0.2) is 14.4 Å². The second kappa shape index (κ2) is 54.5. The zero-order valence-electron chi connectivity index (χ0n) is 71.1. The highest BCUT2D eigenvalue weighted by Crippen LogP contribution is 2.43. The van der Waals surface area contributed by atoms with Crippen molar-refractivity contribution >= 4 is 41.5 Å². The van der Waals surface area contributed by atoms with Crippen molar-refractivity contribution in [2.45, 2.75) is 429 Å². The van der Waals surface area contributed by atoms with Gasteiger partial charge in [-0.1, -0.05) is 187 Å². The van der Waals surface area contributed by atoms with E-state index in [0.717, 1.165) is 85.0 Å². The normalized spacial score (nSPS) is 32.7. The third kappa shape index (κ3) is 31.9. The predicted molar refractivity (Wildman–Crippen MR) is 424 cm³/mol. The molecule has 5 aliphatic rings. The number of carboxylic acids is 3. The molecule has 5 rings (SSSR count). The fourth-order valence-corrected chi connectivity index (χ4v) is 16.4. The van der Waals surface area contributed by atoms with Crippen molar-refractivity contribution in [1.82, 2.24) is 21.3 Å². The fraction of sp³-hybridized carbons (Fsp3) is 0.914. The molecule has 0 radical (unpaired) electrons. The van der Waals surface area contributed by atoms with Crippen LogP contribution < -0.4 is 21.3 Å². The minimum atomic E-state index is -3.57. The van der Waals surface area contributed by atoms with Gasteiger partial charge in [0.15, 0.2) is 12.6 Å². The first-order valence-electron chi connectivity index (χ1n) is 43.7. The lowest BCUT2D eigenvalue weighted by molar-refractivity contribution is -0.388. The van der Waals surface area contributed by atoms with E-state index in [1.54, 1.807) is 0 Å². The van der Waals surface area contributed by atoms with Crippen molar-refractivity contribution in [3.05, 3.63) is 0 Å². The van der Waals surface area contributed by atoms with Crippen LogP contribution in [-0.4, -0.2) is 366 Å². The van der Waals surface area contributed by atoms with E-state index < -0.39 is 277 Å². The van der Waals surface area contributed by atoms with Crippen LogP contribution in [0.5, 0.6) is 0 Å². The van der Waals surface area contributed by atoms with Crippen molar-refractivity contribution in [3.8, 4) is 0 Å². The fourth-order valence-electron chi connectivity index (χ4n) is 16.4. The molecule has 0 aliphatic carbocycles. The zero-order chi connectivity index (χ0) is 90.6. The number of carboxylic acid groups (broad SMARTS) is 3. The molecule has 30 atom stereocenters. The lowest BCUT2D eigenvalue weighted by atomic mass is 9.86. The Balaban J connectivity index is 1.35. The van der Waals surface area contributed by atoms with Crippen molar-refractivity contribution in [3.63, 3.8) is 0 Å². The van der Waals surface area contributed by atoms with Crippen LogP contribution in [0, 0.1) is 0 Å². The van der Waals surface area contributed by atoms with E-state index in [1.807, 2.05) is 0 Å². The molecule has 710 valence electrons. The Morgan fingerprint density at radius 3 is 1.14 bits per heavy atom. The molecule has 0 bridgehead atoms. The maximum absolute atomic E-state index is 13.8. The molecule has 5 heterocycles. The number of rotatable bonds is 60. The highest BCUT2D eigenvalue weighted by Gasteiger charge is 2.64. The summed E-state index contributed by atoms with van der Waals surface area (Å²) in [5.41, 5.74) is 0. The van der Waals surface area contributed by atoms with Crippen LogP contribution in [0.1, 0.15) is 247 Å².